The summed E-state index contributed by atoms with van der Waals surface area (Å²) in [7, 11) is 0.621. The standard InChI is InChI=1S/C23H24N2O3S/c1-16-8-11-19(24-23(26)18-6-5-7-20(14-18)25(2)3)15-22(16)17-9-12-21(13-10-17)29(4,27)28/h5-15H,1-4H3,(H,24,26). The fraction of sp³-hybridized carbons (Fsp3) is 0.174. The molecule has 0 spiro atoms. The zero-order valence-electron chi connectivity index (χ0n) is 16.9. The molecule has 0 aliphatic rings. The molecule has 0 saturated heterocycles. The molecule has 0 aliphatic heterocycles. The number of carbonyl (C=O) groups excluding carboxylic acids is 1. The van der Waals surface area contributed by atoms with Crippen molar-refractivity contribution in [3.05, 3.63) is 77.9 Å². The zero-order valence-corrected chi connectivity index (χ0v) is 17.7. The summed E-state index contributed by atoms with van der Waals surface area (Å²) in [5.74, 6) is -0.184. The molecular weight excluding hydrogens is 384 g/mol. The van der Waals surface area contributed by atoms with Gasteiger partial charge >= 0.3 is 0 Å². The molecule has 0 aromatic heterocycles. The Hall–Kier alpha value is -3.12. The number of hydrogen-bond donors (Lipinski definition) is 1. The summed E-state index contributed by atoms with van der Waals surface area (Å²) in [4.78, 5) is 14.9. The summed E-state index contributed by atoms with van der Waals surface area (Å²) in [5, 5.41) is 2.94. The third kappa shape index (κ3) is 4.84. The maximum atomic E-state index is 12.7. The van der Waals surface area contributed by atoms with Gasteiger partial charge < -0.3 is 10.2 Å². The molecule has 0 atom stereocenters. The number of benzene rings is 3. The summed E-state index contributed by atoms with van der Waals surface area (Å²) < 4.78 is 23.3. The molecule has 1 amide bonds. The van der Waals surface area contributed by atoms with Gasteiger partial charge in [-0.2, -0.15) is 0 Å². The van der Waals surface area contributed by atoms with Gasteiger partial charge in [-0.15, -0.1) is 0 Å². The van der Waals surface area contributed by atoms with E-state index in [1.807, 2.05) is 62.3 Å². The molecule has 0 radical (unpaired) electrons. The fourth-order valence-electron chi connectivity index (χ4n) is 3.02. The number of aryl methyl sites for hydroxylation is 1. The molecule has 0 heterocycles. The van der Waals surface area contributed by atoms with Crippen molar-refractivity contribution in [1.29, 1.82) is 0 Å². The Morgan fingerprint density at radius 3 is 2.24 bits per heavy atom. The van der Waals surface area contributed by atoms with Gasteiger partial charge in [0.1, 0.15) is 0 Å². The predicted molar refractivity (Wildman–Crippen MR) is 118 cm³/mol. The molecule has 0 aliphatic carbocycles. The van der Waals surface area contributed by atoms with Crippen molar-refractivity contribution in [2.75, 3.05) is 30.6 Å². The van der Waals surface area contributed by atoms with E-state index >= 15 is 0 Å². The van der Waals surface area contributed by atoms with Crippen LogP contribution in [0.25, 0.3) is 11.1 Å². The smallest absolute Gasteiger partial charge is 0.255 e. The second-order valence-electron chi connectivity index (χ2n) is 7.23. The van der Waals surface area contributed by atoms with Gasteiger partial charge in [0.2, 0.25) is 0 Å². The number of rotatable bonds is 5. The van der Waals surface area contributed by atoms with Crippen LogP contribution in [0.3, 0.4) is 0 Å². The number of anilines is 2. The first-order chi connectivity index (χ1) is 13.6. The van der Waals surface area contributed by atoms with Crippen LogP contribution in [-0.2, 0) is 9.84 Å². The molecule has 3 aromatic rings. The number of sulfone groups is 1. The summed E-state index contributed by atoms with van der Waals surface area (Å²) in [6, 6.07) is 19.9. The minimum Gasteiger partial charge on any atom is -0.378 e. The Morgan fingerprint density at radius 1 is 0.931 bits per heavy atom. The summed E-state index contributed by atoms with van der Waals surface area (Å²) in [6.45, 7) is 1.98. The van der Waals surface area contributed by atoms with Gasteiger partial charge in [-0.3, -0.25) is 4.79 Å². The first-order valence-electron chi connectivity index (χ1n) is 9.15. The quantitative estimate of drug-likeness (QED) is 0.680. The average Bonchev–Trinajstić information content (AvgIpc) is 2.69. The third-order valence-corrected chi connectivity index (χ3v) is 5.84. The normalized spacial score (nSPS) is 11.2. The maximum Gasteiger partial charge on any atom is 0.255 e. The predicted octanol–water partition coefficient (Wildman–Crippen LogP) is 4.38. The molecule has 29 heavy (non-hydrogen) atoms. The van der Waals surface area contributed by atoms with Crippen LogP contribution in [0.1, 0.15) is 15.9 Å². The summed E-state index contributed by atoms with van der Waals surface area (Å²) in [5.41, 5.74) is 5.07. The van der Waals surface area contributed by atoms with Gasteiger partial charge in [0.15, 0.2) is 9.84 Å². The van der Waals surface area contributed by atoms with E-state index in [1.54, 1.807) is 30.3 Å². The van der Waals surface area contributed by atoms with Crippen LogP contribution in [0.4, 0.5) is 11.4 Å². The molecular formula is C23H24N2O3S. The van der Waals surface area contributed by atoms with Crippen LogP contribution >= 0.6 is 0 Å². The second-order valence-corrected chi connectivity index (χ2v) is 9.24. The van der Waals surface area contributed by atoms with E-state index in [9.17, 15) is 13.2 Å². The van der Waals surface area contributed by atoms with Crippen molar-refractivity contribution in [2.45, 2.75) is 11.8 Å². The van der Waals surface area contributed by atoms with Gasteiger partial charge in [-0.05, 0) is 66.1 Å². The highest BCUT2D eigenvalue weighted by Crippen LogP contribution is 2.28. The minimum atomic E-state index is -3.24. The van der Waals surface area contributed by atoms with Gasteiger partial charge in [-0.25, -0.2) is 8.42 Å². The molecule has 3 rings (SSSR count). The largest absolute Gasteiger partial charge is 0.378 e. The van der Waals surface area contributed by atoms with Gasteiger partial charge in [0, 0.05) is 37.3 Å². The Morgan fingerprint density at radius 2 is 1.62 bits per heavy atom. The Labute approximate surface area is 171 Å². The number of carbonyl (C=O) groups is 1. The number of amides is 1. The zero-order chi connectivity index (χ0) is 21.2. The van der Waals surface area contributed by atoms with E-state index in [-0.39, 0.29) is 10.8 Å². The van der Waals surface area contributed by atoms with Crippen molar-refractivity contribution in [3.63, 3.8) is 0 Å². The minimum absolute atomic E-state index is 0.184. The van der Waals surface area contributed by atoms with Crippen molar-refractivity contribution in [2.24, 2.45) is 0 Å². The Kier molecular flexibility index (Phi) is 5.75. The molecule has 0 unspecified atom stereocenters. The Bertz CT molecular complexity index is 1150. The first kappa shape index (κ1) is 20.6. The third-order valence-electron chi connectivity index (χ3n) is 4.71. The molecule has 0 bridgehead atoms. The fourth-order valence-corrected chi connectivity index (χ4v) is 3.65. The van der Waals surface area contributed by atoms with Crippen LogP contribution in [0, 0.1) is 6.92 Å². The van der Waals surface area contributed by atoms with E-state index in [0.717, 1.165) is 22.4 Å². The highest BCUT2D eigenvalue weighted by atomic mass is 32.2. The van der Waals surface area contributed by atoms with Gasteiger partial charge in [0.25, 0.3) is 5.91 Å². The van der Waals surface area contributed by atoms with Crippen molar-refractivity contribution >= 4 is 27.1 Å². The van der Waals surface area contributed by atoms with Crippen LogP contribution in [0.15, 0.2) is 71.6 Å². The molecule has 3 aromatic carbocycles. The average molecular weight is 409 g/mol. The van der Waals surface area contributed by atoms with Crippen LogP contribution in [-0.4, -0.2) is 34.7 Å². The number of hydrogen-bond acceptors (Lipinski definition) is 4. The SMILES string of the molecule is Cc1ccc(NC(=O)c2cccc(N(C)C)c2)cc1-c1ccc(S(C)(=O)=O)cc1. The molecule has 0 saturated carbocycles. The van der Waals surface area contributed by atoms with Crippen molar-refractivity contribution in [1.82, 2.24) is 0 Å². The topological polar surface area (TPSA) is 66.5 Å². The lowest BCUT2D eigenvalue weighted by Gasteiger charge is -2.14. The molecule has 0 fully saturated rings. The van der Waals surface area contributed by atoms with E-state index < -0.39 is 9.84 Å². The lowest BCUT2D eigenvalue weighted by molar-refractivity contribution is 0.102. The van der Waals surface area contributed by atoms with E-state index in [2.05, 4.69) is 5.32 Å². The Balaban J connectivity index is 1.87. The molecule has 150 valence electrons. The summed E-state index contributed by atoms with van der Waals surface area (Å²) >= 11 is 0. The van der Waals surface area contributed by atoms with Crippen LogP contribution in [0.5, 0.6) is 0 Å². The second kappa shape index (κ2) is 8.09. The van der Waals surface area contributed by atoms with E-state index in [4.69, 9.17) is 0 Å². The van der Waals surface area contributed by atoms with Crippen LogP contribution < -0.4 is 10.2 Å². The molecule has 6 heteroatoms. The highest BCUT2D eigenvalue weighted by molar-refractivity contribution is 7.90. The summed E-state index contributed by atoms with van der Waals surface area (Å²) in [6.07, 6.45) is 1.19. The monoisotopic (exact) mass is 408 g/mol. The highest BCUT2D eigenvalue weighted by Gasteiger charge is 2.11. The molecule has 5 nitrogen and oxygen atoms in total. The number of nitrogens with one attached hydrogen (secondary N) is 1. The lowest BCUT2D eigenvalue weighted by Crippen LogP contribution is -2.14. The van der Waals surface area contributed by atoms with Gasteiger partial charge in [0.05, 0.1) is 4.90 Å². The number of nitrogens with zero attached hydrogens (tertiary/aromatic N) is 1. The maximum absolute atomic E-state index is 12.7. The lowest BCUT2D eigenvalue weighted by atomic mass is 10.00. The van der Waals surface area contributed by atoms with Gasteiger partial charge in [-0.1, -0.05) is 24.3 Å². The van der Waals surface area contributed by atoms with Crippen LogP contribution in [0.2, 0.25) is 0 Å². The van der Waals surface area contributed by atoms with E-state index in [1.165, 1.54) is 6.26 Å². The first-order valence-corrected chi connectivity index (χ1v) is 11.0. The van der Waals surface area contributed by atoms with E-state index in [0.29, 0.717) is 11.3 Å². The van der Waals surface area contributed by atoms with Crippen molar-refractivity contribution < 1.29 is 13.2 Å². The van der Waals surface area contributed by atoms with Crippen molar-refractivity contribution in [3.8, 4) is 11.1 Å². The molecule has 1 N–H and O–H groups in total.